The molecule has 0 radical (unpaired) electrons. The quantitative estimate of drug-likeness (QED) is 0.278. The number of rotatable bonds is 7. The van der Waals surface area contributed by atoms with Crippen LogP contribution in [0.4, 0.5) is 0 Å². The third-order valence-electron chi connectivity index (χ3n) is 6.12. The molecule has 2 atom stereocenters. The zero-order chi connectivity index (χ0) is 22.3. The maximum atomic E-state index is 6.42. The molecule has 1 aliphatic heterocycles. The highest BCUT2D eigenvalue weighted by atomic mass is 32.2. The Morgan fingerprint density at radius 2 is 1.39 bits per heavy atom. The van der Waals surface area contributed by atoms with Gasteiger partial charge in [0.25, 0.3) is 0 Å². The van der Waals surface area contributed by atoms with Crippen LogP contribution >= 0.6 is 11.8 Å². The summed E-state index contributed by atoms with van der Waals surface area (Å²) in [5.74, 6) is 0. The molecule has 0 N–H and O–H groups in total. The van der Waals surface area contributed by atoms with Gasteiger partial charge in [0.1, 0.15) is 0 Å². The fraction of sp³-hybridized carbons (Fsp3) is 0.200. The van der Waals surface area contributed by atoms with Crippen molar-refractivity contribution in [2.75, 3.05) is 19.7 Å². The largest absolute Gasteiger partial charge is 0.374 e. The molecule has 4 aromatic rings. The third kappa shape index (κ3) is 5.56. The standard InChI is InChI=1S/C30H29NOS/c1-4-12-24(13-5-1)22-31-20-21-32-28(23-31)30(26-16-8-3-9-17-26)33-29-19-11-10-18-27(29)25-14-6-2-7-15-25/h1-19,28,30H,20-23H2/t28-,30-/m0/s1. The average Bonchev–Trinajstić information content (AvgIpc) is 2.89. The molecule has 0 aliphatic carbocycles. The number of ether oxygens (including phenoxy) is 1. The van der Waals surface area contributed by atoms with Gasteiger partial charge in [-0.25, -0.2) is 0 Å². The lowest BCUT2D eigenvalue weighted by Gasteiger charge is -2.37. The van der Waals surface area contributed by atoms with Crippen LogP contribution in [-0.2, 0) is 11.3 Å². The van der Waals surface area contributed by atoms with E-state index >= 15 is 0 Å². The van der Waals surface area contributed by atoms with E-state index in [9.17, 15) is 0 Å². The minimum Gasteiger partial charge on any atom is -0.374 e. The molecule has 3 heteroatoms. The van der Waals surface area contributed by atoms with Crippen LogP contribution < -0.4 is 0 Å². The van der Waals surface area contributed by atoms with Gasteiger partial charge in [0.2, 0.25) is 0 Å². The van der Waals surface area contributed by atoms with E-state index in [0.29, 0.717) is 0 Å². The molecular weight excluding hydrogens is 422 g/mol. The Morgan fingerprint density at radius 3 is 2.15 bits per heavy atom. The van der Waals surface area contributed by atoms with Crippen molar-refractivity contribution < 1.29 is 4.74 Å². The van der Waals surface area contributed by atoms with E-state index in [1.54, 1.807) is 0 Å². The van der Waals surface area contributed by atoms with Crippen molar-refractivity contribution in [1.82, 2.24) is 4.90 Å². The first-order chi connectivity index (χ1) is 16.4. The van der Waals surface area contributed by atoms with Crippen LogP contribution in [0.3, 0.4) is 0 Å². The van der Waals surface area contributed by atoms with Crippen molar-refractivity contribution in [2.45, 2.75) is 22.8 Å². The van der Waals surface area contributed by atoms with Gasteiger partial charge in [-0.1, -0.05) is 109 Å². The lowest BCUT2D eigenvalue weighted by atomic mass is 10.1. The first kappa shape index (κ1) is 22.0. The van der Waals surface area contributed by atoms with Crippen molar-refractivity contribution in [3.63, 3.8) is 0 Å². The Bertz CT molecular complexity index is 1130. The predicted molar refractivity (Wildman–Crippen MR) is 138 cm³/mol. The molecule has 4 aromatic carbocycles. The average molecular weight is 452 g/mol. The van der Waals surface area contributed by atoms with Crippen molar-refractivity contribution in [2.24, 2.45) is 0 Å². The molecule has 0 unspecified atom stereocenters. The van der Waals surface area contributed by atoms with E-state index in [1.807, 2.05) is 11.8 Å². The molecule has 1 aliphatic rings. The fourth-order valence-corrected chi connectivity index (χ4v) is 5.82. The zero-order valence-corrected chi connectivity index (χ0v) is 19.5. The maximum absolute atomic E-state index is 6.42. The van der Waals surface area contributed by atoms with Gasteiger partial charge in [-0.2, -0.15) is 0 Å². The Labute approximate surface area is 201 Å². The molecule has 166 valence electrons. The summed E-state index contributed by atoms with van der Waals surface area (Å²) < 4.78 is 6.42. The third-order valence-corrected chi connectivity index (χ3v) is 7.56. The Kier molecular flexibility index (Phi) is 7.22. The van der Waals surface area contributed by atoms with Crippen LogP contribution in [0.1, 0.15) is 16.4 Å². The zero-order valence-electron chi connectivity index (χ0n) is 18.7. The molecule has 5 rings (SSSR count). The number of thioether (sulfide) groups is 1. The number of hydrogen-bond donors (Lipinski definition) is 0. The normalized spacial score (nSPS) is 17.5. The molecule has 1 saturated heterocycles. The molecule has 0 amide bonds. The monoisotopic (exact) mass is 451 g/mol. The summed E-state index contributed by atoms with van der Waals surface area (Å²) in [7, 11) is 0. The van der Waals surface area contributed by atoms with Gasteiger partial charge >= 0.3 is 0 Å². The second-order valence-electron chi connectivity index (χ2n) is 8.44. The van der Waals surface area contributed by atoms with Crippen molar-refractivity contribution in [3.8, 4) is 11.1 Å². The molecule has 1 heterocycles. The molecule has 0 saturated carbocycles. The van der Waals surface area contributed by atoms with Crippen LogP contribution in [0.15, 0.2) is 120 Å². The first-order valence-electron chi connectivity index (χ1n) is 11.6. The molecular formula is C30H29NOS. The van der Waals surface area contributed by atoms with Gasteiger partial charge in [0.15, 0.2) is 0 Å². The van der Waals surface area contributed by atoms with Gasteiger partial charge in [-0.3, -0.25) is 4.90 Å². The van der Waals surface area contributed by atoms with Gasteiger partial charge in [-0.15, -0.1) is 11.8 Å². The van der Waals surface area contributed by atoms with E-state index in [-0.39, 0.29) is 11.4 Å². The van der Waals surface area contributed by atoms with Gasteiger partial charge < -0.3 is 4.74 Å². The highest BCUT2D eigenvalue weighted by Gasteiger charge is 2.30. The van der Waals surface area contributed by atoms with Crippen LogP contribution in [0.2, 0.25) is 0 Å². The van der Waals surface area contributed by atoms with Gasteiger partial charge in [0, 0.05) is 24.5 Å². The molecule has 2 nitrogen and oxygen atoms in total. The lowest BCUT2D eigenvalue weighted by Crippen LogP contribution is -2.44. The summed E-state index contributed by atoms with van der Waals surface area (Å²) in [6.07, 6.45) is 0.124. The fourth-order valence-electron chi connectivity index (χ4n) is 4.46. The summed E-state index contributed by atoms with van der Waals surface area (Å²) in [5, 5.41) is 0.217. The SMILES string of the molecule is c1ccc(CN2CCO[C@H]([C@@H](Sc3ccccc3-c3ccccc3)c3ccccc3)C2)cc1. The van der Waals surface area contributed by atoms with Crippen LogP contribution in [-0.4, -0.2) is 30.7 Å². The highest BCUT2D eigenvalue weighted by molar-refractivity contribution is 7.99. The number of nitrogens with zero attached hydrogens (tertiary/aromatic N) is 1. The Hall–Kier alpha value is -2.85. The van der Waals surface area contributed by atoms with E-state index < -0.39 is 0 Å². The Balaban J connectivity index is 1.42. The van der Waals surface area contributed by atoms with Crippen molar-refractivity contribution in [3.05, 3.63) is 126 Å². The number of benzene rings is 4. The second-order valence-corrected chi connectivity index (χ2v) is 9.62. The summed E-state index contributed by atoms with van der Waals surface area (Å²) >= 11 is 1.93. The van der Waals surface area contributed by atoms with E-state index in [1.165, 1.54) is 27.1 Å². The minimum absolute atomic E-state index is 0.124. The minimum atomic E-state index is 0.124. The summed E-state index contributed by atoms with van der Waals surface area (Å²) in [5.41, 5.74) is 5.21. The molecule has 0 aromatic heterocycles. The predicted octanol–water partition coefficient (Wildman–Crippen LogP) is 7.09. The number of morpholine rings is 1. The molecule has 33 heavy (non-hydrogen) atoms. The molecule has 0 spiro atoms. The molecule has 0 bridgehead atoms. The van der Waals surface area contributed by atoms with Gasteiger partial charge in [0.05, 0.1) is 18.0 Å². The Morgan fingerprint density at radius 1 is 0.758 bits per heavy atom. The smallest absolute Gasteiger partial charge is 0.0865 e. The van der Waals surface area contributed by atoms with Crippen molar-refractivity contribution in [1.29, 1.82) is 0 Å². The van der Waals surface area contributed by atoms with E-state index in [2.05, 4.69) is 120 Å². The van der Waals surface area contributed by atoms with Crippen LogP contribution in [0, 0.1) is 0 Å². The lowest BCUT2D eigenvalue weighted by molar-refractivity contribution is -0.0319. The summed E-state index contributed by atoms with van der Waals surface area (Å²) in [4.78, 5) is 3.82. The summed E-state index contributed by atoms with van der Waals surface area (Å²) in [6, 6.07) is 41.0. The van der Waals surface area contributed by atoms with E-state index in [4.69, 9.17) is 4.74 Å². The topological polar surface area (TPSA) is 12.5 Å². The maximum Gasteiger partial charge on any atom is 0.0865 e. The molecule has 1 fully saturated rings. The van der Waals surface area contributed by atoms with Gasteiger partial charge in [-0.05, 0) is 28.3 Å². The first-order valence-corrected chi connectivity index (χ1v) is 12.5. The van der Waals surface area contributed by atoms with Crippen LogP contribution in [0.5, 0.6) is 0 Å². The summed E-state index contributed by atoms with van der Waals surface area (Å²) in [6.45, 7) is 3.63. The van der Waals surface area contributed by atoms with E-state index in [0.717, 1.165) is 26.2 Å². The van der Waals surface area contributed by atoms with Crippen molar-refractivity contribution >= 4 is 11.8 Å². The number of hydrogen-bond acceptors (Lipinski definition) is 3. The second kappa shape index (κ2) is 10.8. The highest BCUT2D eigenvalue weighted by Crippen LogP contribution is 2.43. The van der Waals surface area contributed by atoms with Crippen LogP contribution in [0.25, 0.3) is 11.1 Å².